The van der Waals surface area contributed by atoms with Crippen molar-refractivity contribution < 1.29 is 9.53 Å². The highest BCUT2D eigenvalue weighted by Crippen LogP contribution is 2.27. The van der Waals surface area contributed by atoms with Crippen LogP contribution in [0.15, 0.2) is 0 Å². The number of halogens is 4. The first-order valence-corrected chi connectivity index (χ1v) is 11.2. The standard InChI is InChI=1S/C10H18Cl4O2Si/c1-10(2,11)9(15)16-7-5-3-4-6-8-17(12,13)14/h3-8H2,1-2H3. The molecule has 0 aliphatic rings. The molecule has 0 N–H and O–H groups in total. The Bertz CT molecular complexity index is 235. The molecule has 0 radical (unpaired) electrons. The Hall–Kier alpha value is 0.847. The van der Waals surface area contributed by atoms with Gasteiger partial charge in [-0.2, -0.15) is 0 Å². The van der Waals surface area contributed by atoms with Crippen molar-refractivity contribution in [3.63, 3.8) is 0 Å². The zero-order valence-corrected chi connectivity index (χ0v) is 14.1. The summed E-state index contributed by atoms with van der Waals surface area (Å²) in [5.41, 5.74) is 0. The summed E-state index contributed by atoms with van der Waals surface area (Å²) in [7, 11) is 0. The van der Waals surface area contributed by atoms with E-state index in [1.165, 1.54) is 0 Å². The Morgan fingerprint density at radius 3 is 2.12 bits per heavy atom. The van der Waals surface area contributed by atoms with Crippen molar-refractivity contribution in [2.75, 3.05) is 6.61 Å². The molecule has 0 amide bonds. The van der Waals surface area contributed by atoms with E-state index >= 15 is 0 Å². The first-order chi connectivity index (χ1) is 7.63. The van der Waals surface area contributed by atoms with Crippen LogP contribution in [-0.2, 0) is 9.53 Å². The number of ether oxygens (including phenoxy) is 1. The maximum atomic E-state index is 11.3. The minimum Gasteiger partial charge on any atom is -0.464 e. The first-order valence-electron chi connectivity index (χ1n) is 5.56. The van der Waals surface area contributed by atoms with Crippen molar-refractivity contribution in [2.45, 2.75) is 50.4 Å². The molecule has 7 heteroatoms. The van der Waals surface area contributed by atoms with Crippen molar-refractivity contribution >= 4 is 56.8 Å². The number of hydrogen-bond donors (Lipinski definition) is 0. The molecule has 0 saturated heterocycles. The summed E-state index contributed by atoms with van der Waals surface area (Å²) in [6, 6.07) is -1.77. The Morgan fingerprint density at radius 1 is 1.12 bits per heavy atom. The van der Waals surface area contributed by atoms with Gasteiger partial charge in [0, 0.05) is 0 Å². The second-order valence-corrected chi connectivity index (χ2v) is 14.6. The van der Waals surface area contributed by atoms with E-state index in [2.05, 4.69) is 0 Å². The first kappa shape index (κ1) is 17.8. The van der Waals surface area contributed by atoms with Crippen LogP contribution in [0.2, 0.25) is 6.04 Å². The van der Waals surface area contributed by atoms with Gasteiger partial charge in [0.25, 0.3) is 0 Å². The quantitative estimate of drug-likeness (QED) is 0.209. The van der Waals surface area contributed by atoms with Crippen molar-refractivity contribution in [3.05, 3.63) is 0 Å². The van der Waals surface area contributed by atoms with Crippen LogP contribution >= 0.6 is 44.8 Å². The van der Waals surface area contributed by atoms with Gasteiger partial charge in [-0.05, 0) is 26.3 Å². The molecule has 0 spiro atoms. The third-order valence-corrected chi connectivity index (χ3v) is 4.85. The van der Waals surface area contributed by atoms with Crippen LogP contribution < -0.4 is 0 Å². The molecule has 0 aliphatic carbocycles. The summed E-state index contributed by atoms with van der Waals surface area (Å²) in [4.78, 5) is 10.3. The number of hydrogen-bond acceptors (Lipinski definition) is 2. The molecule has 102 valence electrons. The maximum Gasteiger partial charge on any atom is 0.341 e. The number of carbonyl (C=O) groups excluding carboxylic acids is 1. The topological polar surface area (TPSA) is 26.3 Å². The predicted octanol–water partition coefficient (Wildman–Crippen LogP) is 4.76. The number of esters is 1. The van der Waals surface area contributed by atoms with E-state index in [4.69, 9.17) is 49.6 Å². The zero-order valence-electron chi connectivity index (χ0n) is 10.1. The van der Waals surface area contributed by atoms with Gasteiger partial charge in [0.1, 0.15) is 4.87 Å². The van der Waals surface area contributed by atoms with E-state index < -0.39 is 10.9 Å². The van der Waals surface area contributed by atoms with Crippen molar-refractivity contribution in [3.8, 4) is 0 Å². The molecule has 0 aromatic carbocycles. The molecule has 0 aromatic heterocycles. The molecular weight excluding hydrogens is 322 g/mol. The Balaban J connectivity index is 3.39. The summed E-state index contributed by atoms with van der Waals surface area (Å²) in [6.07, 6.45) is 3.69. The molecule has 0 aliphatic heterocycles. The number of carbonyl (C=O) groups is 1. The lowest BCUT2D eigenvalue weighted by Gasteiger charge is -2.14. The van der Waals surface area contributed by atoms with Gasteiger partial charge < -0.3 is 4.74 Å². The fourth-order valence-electron chi connectivity index (χ4n) is 1.12. The van der Waals surface area contributed by atoms with E-state index in [1.807, 2.05) is 0 Å². The van der Waals surface area contributed by atoms with E-state index in [0.29, 0.717) is 12.7 Å². The van der Waals surface area contributed by atoms with Gasteiger partial charge in [0.05, 0.1) is 6.61 Å². The third kappa shape index (κ3) is 11.7. The van der Waals surface area contributed by atoms with Crippen LogP contribution in [0.25, 0.3) is 0 Å². The average Bonchev–Trinajstić information content (AvgIpc) is 2.12. The van der Waals surface area contributed by atoms with Crippen LogP contribution in [0.4, 0.5) is 0 Å². The second kappa shape index (κ2) is 8.11. The smallest absolute Gasteiger partial charge is 0.341 e. The van der Waals surface area contributed by atoms with Crippen LogP contribution in [0, 0.1) is 0 Å². The zero-order chi connectivity index (χ0) is 13.5. The molecule has 0 atom stereocenters. The monoisotopic (exact) mass is 338 g/mol. The Morgan fingerprint density at radius 2 is 1.65 bits per heavy atom. The van der Waals surface area contributed by atoms with Crippen LogP contribution in [-0.4, -0.2) is 23.5 Å². The van der Waals surface area contributed by atoms with Gasteiger partial charge in [-0.3, -0.25) is 4.79 Å². The van der Waals surface area contributed by atoms with E-state index in [-0.39, 0.29) is 5.97 Å². The highest BCUT2D eigenvalue weighted by Gasteiger charge is 2.26. The Kier molecular flexibility index (Phi) is 8.51. The van der Waals surface area contributed by atoms with Gasteiger partial charge in [-0.1, -0.05) is 19.3 Å². The van der Waals surface area contributed by atoms with E-state index in [0.717, 1.165) is 25.7 Å². The molecule has 0 saturated carbocycles. The Labute approximate surface area is 123 Å². The van der Waals surface area contributed by atoms with E-state index in [1.54, 1.807) is 13.8 Å². The number of alkyl halides is 1. The van der Waals surface area contributed by atoms with Crippen molar-refractivity contribution in [1.29, 1.82) is 0 Å². The lowest BCUT2D eigenvalue weighted by Crippen LogP contribution is -2.27. The summed E-state index contributed by atoms with van der Waals surface area (Å²) < 4.78 is 5.01. The predicted molar refractivity (Wildman–Crippen MR) is 77.5 cm³/mol. The minimum absolute atomic E-state index is 0.382. The lowest BCUT2D eigenvalue weighted by molar-refractivity contribution is -0.146. The summed E-state index contributed by atoms with van der Waals surface area (Å²) in [5.74, 6) is -0.382. The molecule has 0 aromatic rings. The SMILES string of the molecule is CC(C)(Cl)C(=O)OCCCCCC[Si](Cl)(Cl)Cl. The number of rotatable bonds is 8. The molecule has 0 bridgehead atoms. The second-order valence-electron chi connectivity index (χ2n) is 4.39. The van der Waals surface area contributed by atoms with E-state index in [9.17, 15) is 4.79 Å². The highest BCUT2D eigenvalue weighted by atomic mass is 35.8. The molecule has 0 unspecified atom stereocenters. The summed E-state index contributed by atoms with van der Waals surface area (Å²) >= 11 is 23.0. The van der Waals surface area contributed by atoms with Gasteiger partial charge >= 0.3 is 12.0 Å². The fourth-order valence-corrected chi connectivity index (χ4v) is 3.03. The normalized spacial score (nSPS) is 12.6. The lowest BCUT2D eigenvalue weighted by atomic mass is 10.2. The van der Waals surface area contributed by atoms with Gasteiger partial charge in [-0.15, -0.1) is 44.8 Å². The van der Waals surface area contributed by atoms with Crippen molar-refractivity contribution in [2.24, 2.45) is 0 Å². The molecule has 0 rings (SSSR count). The van der Waals surface area contributed by atoms with Gasteiger partial charge in [0.15, 0.2) is 0 Å². The fraction of sp³-hybridized carbons (Fsp3) is 0.900. The molecule has 2 nitrogen and oxygen atoms in total. The third-order valence-electron chi connectivity index (χ3n) is 2.07. The molecular formula is C10H18Cl4O2Si. The molecule has 17 heavy (non-hydrogen) atoms. The van der Waals surface area contributed by atoms with Crippen LogP contribution in [0.5, 0.6) is 0 Å². The van der Waals surface area contributed by atoms with Gasteiger partial charge in [0.2, 0.25) is 0 Å². The van der Waals surface area contributed by atoms with Gasteiger partial charge in [-0.25, -0.2) is 0 Å². The molecule has 0 fully saturated rings. The minimum atomic E-state index is -2.45. The maximum absolute atomic E-state index is 11.3. The van der Waals surface area contributed by atoms with Crippen molar-refractivity contribution in [1.82, 2.24) is 0 Å². The largest absolute Gasteiger partial charge is 0.464 e. The number of unbranched alkanes of at least 4 members (excludes halogenated alkanes) is 3. The van der Waals surface area contributed by atoms with Crippen LogP contribution in [0.3, 0.4) is 0 Å². The summed E-state index contributed by atoms with van der Waals surface area (Å²) in [6.45, 7) is 3.63. The van der Waals surface area contributed by atoms with Crippen LogP contribution in [0.1, 0.15) is 39.5 Å². The molecule has 0 heterocycles. The highest BCUT2D eigenvalue weighted by molar-refractivity contribution is 7.64. The average molecular weight is 340 g/mol. The summed E-state index contributed by atoms with van der Waals surface area (Å²) in [5, 5.41) is 0.